The molecule has 0 aliphatic rings. The molecule has 168 valence electrons. The zero-order valence-corrected chi connectivity index (χ0v) is 19.8. The average Bonchev–Trinajstić information content (AvgIpc) is 3.23. The number of benzene rings is 3. The number of carbonyl (C=O) groups is 1. The van der Waals surface area contributed by atoms with E-state index in [1.54, 1.807) is 48.5 Å². The van der Waals surface area contributed by atoms with E-state index in [0.29, 0.717) is 29.3 Å². The van der Waals surface area contributed by atoms with Crippen molar-refractivity contribution in [3.8, 4) is 11.5 Å². The van der Waals surface area contributed by atoms with E-state index in [1.165, 1.54) is 12.3 Å². The van der Waals surface area contributed by atoms with Gasteiger partial charge >= 0.3 is 5.91 Å². The Morgan fingerprint density at radius 2 is 1.97 bits per heavy atom. The normalized spacial score (nSPS) is 11.1. The first kappa shape index (κ1) is 22.8. The van der Waals surface area contributed by atoms with Crippen molar-refractivity contribution in [1.82, 2.24) is 5.43 Å². The van der Waals surface area contributed by atoms with Gasteiger partial charge in [0.1, 0.15) is 29.5 Å². The largest absolute Gasteiger partial charge is 0.494 e. The van der Waals surface area contributed by atoms with Crippen LogP contribution in [0.5, 0.6) is 11.5 Å². The molecule has 0 unspecified atom stereocenters. The van der Waals surface area contributed by atoms with Crippen LogP contribution >= 0.6 is 22.6 Å². The Bertz CT molecular complexity index is 1320. The molecular weight excluding hydrogens is 538 g/mol. The number of nitrogens with zero attached hydrogens (tertiary/aromatic N) is 1. The molecule has 8 heteroatoms. The first-order valence-corrected chi connectivity index (χ1v) is 11.3. The van der Waals surface area contributed by atoms with Crippen molar-refractivity contribution < 1.29 is 23.1 Å². The lowest BCUT2D eigenvalue weighted by molar-refractivity contribution is 0.0929. The molecule has 1 heterocycles. The summed E-state index contributed by atoms with van der Waals surface area (Å²) in [4.78, 5) is 12.4. The molecular formula is C25H20FIN2O4. The van der Waals surface area contributed by atoms with Gasteiger partial charge in [-0.15, -0.1) is 0 Å². The molecule has 0 radical (unpaired) electrons. The summed E-state index contributed by atoms with van der Waals surface area (Å²) >= 11 is 2.14. The van der Waals surface area contributed by atoms with Gasteiger partial charge in [-0.05, 0) is 83.6 Å². The lowest BCUT2D eigenvalue weighted by atomic mass is 10.2. The first-order chi connectivity index (χ1) is 16.0. The molecule has 0 saturated carbocycles. The van der Waals surface area contributed by atoms with Crippen molar-refractivity contribution in [2.24, 2.45) is 5.10 Å². The van der Waals surface area contributed by atoms with Gasteiger partial charge in [0.2, 0.25) is 0 Å². The molecule has 4 rings (SSSR count). The number of carbonyl (C=O) groups excluding carboxylic acids is 1. The molecule has 1 amide bonds. The molecule has 6 nitrogen and oxygen atoms in total. The highest BCUT2D eigenvalue weighted by Gasteiger charge is 2.12. The number of halogens is 2. The van der Waals surface area contributed by atoms with Crippen LogP contribution in [-0.4, -0.2) is 18.7 Å². The molecule has 1 N–H and O–H groups in total. The van der Waals surface area contributed by atoms with Crippen LogP contribution in [0.4, 0.5) is 4.39 Å². The fourth-order valence-corrected chi connectivity index (χ4v) is 3.79. The molecule has 0 aliphatic carbocycles. The Morgan fingerprint density at radius 3 is 2.76 bits per heavy atom. The topological polar surface area (TPSA) is 73.1 Å². The number of hydrazone groups is 1. The summed E-state index contributed by atoms with van der Waals surface area (Å²) in [6.07, 6.45) is 1.52. The SMILES string of the molecule is CCOc1ccc2oc(C(=O)N/N=C/c3ccc(OCc4ccccc4F)c(I)c3)cc2c1. The minimum atomic E-state index is -0.458. The number of hydrogen-bond donors (Lipinski definition) is 1. The van der Waals surface area contributed by atoms with E-state index in [2.05, 4.69) is 33.1 Å². The van der Waals surface area contributed by atoms with E-state index >= 15 is 0 Å². The molecule has 1 aromatic heterocycles. The summed E-state index contributed by atoms with van der Waals surface area (Å²) in [7, 11) is 0. The van der Waals surface area contributed by atoms with Gasteiger partial charge in [-0.2, -0.15) is 5.10 Å². The van der Waals surface area contributed by atoms with E-state index in [9.17, 15) is 9.18 Å². The molecule has 0 atom stereocenters. The van der Waals surface area contributed by atoms with E-state index in [4.69, 9.17) is 13.9 Å². The fraction of sp³-hybridized carbons (Fsp3) is 0.120. The second kappa shape index (κ2) is 10.5. The maximum absolute atomic E-state index is 13.7. The Kier molecular flexibility index (Phi) is 7.23. The van der Waals surface area contributed by atoms with Gasteiger partial charge in [0.15, 0.2) is 5.76 Å². The fourth-order valence-electron chi connectivity index (χ4n) is 3.10. The minimum absolute atomic E-state index is 0.135. The Hall–Kier alpha value is -3.40. The number of amides is 1. The summed E-state index contributed by atoms with van der Waals surface area (Å²) in [6.45, 7) is 2.60. The van der Waals surface area contributed by atoms with Crippen LogP contribution < -0.4 is 14.9 Å². The molecule has 3 aromatic carbocycles. The van der Waals surface area contributed by atoms with Crippen LogP contribution in [0.2, 0.25) is 0 Å². The highest BCUT2D eigenvalue weighted by molar-refractivity contribution is 14.1. The third kappa shape index (κ3) is 5.70. The van der Waals surface area contributed by atoms with Gasteiger partial charge in [-0.1, -0.05) is 18.2 Å². The monoisotopic (exact) mass is 558 g/mol. The number of fused-ring (bicyclic) bond motifs is 1. The zero-order valence-electron chi connectivity index (χ0n) is 17.7. The Balaban J connectivity index is 1.37. The van der Waals surface area contributed by atoms with E-state index in [1.807, 2.05) is 19.1 Å². The summed E-state index contributed by atoms with van der Waals surface area (Å²) in [6, 6.07) is 18.9. The molecule has 0 bridgehead atoms. The van der Waals surface area contributed by atoms with Crippen LogP contribution in [0.25, 0.3) is 11.0 Å². The van der Waals surface area contributed by atoms with Crippen molar-refractivity contribution in [2.75, 3.05) is 6.61 Å². The standard InChI is InChI=1S/C25H20FIN2O4/c1-2-31-19-8-10-22-18(12-19)13-24(33-22)25(30)29-28-14-16-7-9-23(21(27)11-16)32-15-17-5-3-4-6-20(17)26/h3-14H,2,15H2,1H3,(H,29,30)/b28-14+. The van der Waals surface area contributed by atoms with Crippen molar-refractivity contribution in [2.45, 2.75) is 13.5 Å². The van der Waals surface area contributed by atoms with E-state index < -0.39 is 5.91 Å². The number of furan rings is 1. The third-order valence-electron chi connectivity index (χ3n) is 4.70. The number of hydrogen-bond acceptors (Lipinski definition) is 5. The lowest BCUT2D eigenvalue weighted by Crippen LogP contribution is -2.16. The average molecular weight is 558 g/mol. The highest BCUT2D eigenvalue weighted by Crippen LogP contribution is 2.25. The predicted octanol–water partition coefficient (Wildman–Crippen LogP) is 5.92. The second-order valence-corrected chi connectivity index (χ2v) is 8.17. The van der Waals surface area contributed by atoms with Crippen molar-refractivity contribution in [3.63, 3.8) is 0 Å². The van der Waals surface area contributed by atoms with Crippen LogP contribution in [0, 0.1) is 9.39 Å². The summed E-state index contributed by atoms with van der Waals surface area (Å²) in [5.41, 5.74) is 4.31. The Morgan fingerprint density at radius 1 is 1.12 bits per heavy atom. The molecule has 0 fully saturated rings. The Labute approximate surface area is 203 Å². The third-order valence-corrected chi connectivity index (χ3v) is 5.54. The maximum atomic E-state index is 13.7. The minimum Gasteiger partial charge on any atom is -0.494 e. The van der Waals surface area contributed by atoms with Gasteiger partial charge in [-0.25, -0.2) is 9.82 Å². The van der Waals surface area contributed by atoms with Crippen molar-refractivity contribution in [1.29, 1.82) is 0 Å². The number of ether oxygens (including phenoxy) is 2. The quantitative estimate of drug-likeness (QED) is 0.166. The second-order valence-electron chi connectivity index (χ2n) is 7.01. The van der Waals surface area contributed by atoms with Crippen LogP contribution in [0.3, 0.4) is 0 Å². The lowest BCUT2D eigenvalue weighted by Gasteiger charge is -2.09. The summed E-state index contributed by atoms with van der Waals surface area (Å²) in [5.74, 6) is 0.744. The van der Waals surface area contributed by atoms with E-state index in [0.717, 1.165) is 14.5 Å². The van der Waals surface area contributed by atoms with Gasteiger partial charge in [0.05, 0.1) is 16.4 Å². The molecule has 0 saturated heterocycles. The highest BCUT2D eigenvalue weighted by atomic mass is 127. The zero-order chi connectivity index (χ0) is 23.2. The summed E-state index contributed by atoms with van der Waals surface area (Å²) < 4.78 is 31.4. The van der Waals surface area contributed by atoms with Crippen LogP contribution in [0.15, 0.2) is 76.2 Å². The molecule has 0 spiro atoms. The van der Waals surface area contributed by atoms with E-state index in [-0.39, 0.29) is 18.2 Å². The van der Waals surface area contributed by atoms with Gasteiger partial charge in [0, 0.05) is 10.9 Å². The van der Waals surface area contributed by atoms with Crippen molar-refractivity contribution >= 4 is 45.7 Å². The summed E-state index contributed by atoms with van der Waals surface area (Å²) in [5, 5.41) is 4.78. The van der Waals surface area contributed by atoms with Gasteiger partial charge in [-0.3, -0.25) is 4.79 Å². The molecule has 4 aromatic rings. The first-order valence-electron chi connectivity index (χ1n) is 10.2. The van der Waals surface area contributed by atoms with Crippen molar-refractivity contribution in [3.05, 3.63) is 93.0 Å². The predicted molar refractivity (Wildman–Crippen MR) is 132 cm³/mol. The number of rotatable bonds is 8. The van der Waals surface area contributed by atoms with Crippen LogP contribution in [0.1, 0.15) is 28.6 Å². The van der Waals surface area contributed by atoms with Crippen LogP contribution in [-0.2, 0) is 6.61 Å². The molecule has 0 aliphatic heterocycles. The maximum Gasteiger partial charge on any atom is 0.307 e. The smallest absolute Gasteiger partial charge is 0.307 e. The van der Waals surface area contributed by atoms with Gasteiger partial charge in [0.25, 0.3) is 0 Å². The number of nitrogens with one attached hydrogen (secondary N) is 1. The van der Waals surface area contributed by atoms with Gasteiger partial charge < -0.3 is 13.9 Å². The molecule has 33 heavy (non-hydrogen) atoms.